The van der Waals surface area contributed by atoms with Crippen LogP contribution in [0.5, 0.6) is 5.75 Å². The van der Waals surface area contributed by atoms with E-state index in [2.05, 4.69) is 78.3 Å². The monoisotopic (exact) mass is 539 g/mol. The van der Waals surface area contributed by atoms with Crippen LogP contribution in [0.2, 0.25) is 0 Å². The Morgan fingerprint density at radius 2 is 1.74 bits per heavy atom. The Kier molecular flexibility index (Phi) is 12.6. The minimum atomic E-state index is 0.0130. The van der Waals surface area contributed by atoms with Crippen LogP contribution < -0.4 is 4.74 Å². The summed E-state index contributed by atoms with van der Waals surface area (Å²) in [5.41, 5.74) is 2.39. The van der Waals surface area contributed by atoms with E-state index in [0.29, 0.717) is 32.0 Å². The maximum atomic E-state index is 13.8. The molecule has 218 valence electrons. The molecule has 1 heterocycles. The second kappa shape index (κ2) is 15.1. The largest absolute Gasteiger partial charge is 0.497 e. The lowest BCUT2D eigenvalue weighted by Gasteiger charge is -2.33. The van der Waals surface area contributed by atoms with Gasteiger partial charge >= 0.3 is 0 Å². The Morgan fingerprint density at radius 3 is 2.36 bits per heavy atom. The third-order valence-electron chi connectivity index (χ3n) is 7.33. The van der Waals surface area contributed by atoms with Crippen molar-refractivity contribution in [2.45, 2.75) is 100 Å². The summed E-state index contributed by atoms with van der Waals surface area (Å²) < 4.78 is 7.58. The van der Waals surface area contributed by atoms with E-state index in [0.717, 1.165) is 36.3 Å². The average Bonchev–Trinajstić information content (AvgIpc) is 3.29. The van der Waals surface area contributed by atoms with Crippen molar-refractivity contribution >= 4 is 11.8 Å². The molecule has 0 aliphatic heterocycles. The number of hydrogen-bond acceptors (Lipinski definition) is 3. The summed E-state index contributed by atoms with van der Waals surface area (Å²) >= 11 is 0. The number of amides is 2. The van der Waals surface area contributed by atoms with Crippen molar-refractivity contribution < 1.29 is 14.3 Å². The van der Waals surface area contributed by atoms with Gasteiger partial charge in [-0.25, -0.2) is 0 Å². The van der Waals surface area contributed by atoms with Crippen LogP contribution in [-0.4, -0.2) is 52.4 Å². The minimum Gasteiger partial charge on any atom is -0.497 e. The number of hydrogen-bond donors (Lipinski definition) is 0. The molecule has 0 fully saturated rings. The molecule has 1 aromatic heterocycles. The van der Waals surface area contributed by atoms with Crippen LogP contribution >= 0.6 is 0 Å². The Balaban J connectivity index is 2.20. The molecule has 2 aromatic rings. The number of rotatable bonds is 15. The number of carbonyl (C=O) groups excluding carboxylic acids is 2. The topological polar surface area (TPSA) is 54.8 Å². The highest BCUT2D eigenvalue weighted by atomic mass is 16.5. The predicted molar refractivity (Wildman–Crippen MR) is 161 cm³/mol. The Labute approximate surface area is 237 Å². The molecule has 0 N–H and O–H groups in total. The zero-order chi connectivity index (χ0) is 29.2. The molecule has 2 rings (SSSR count). The van der Waals surface area contributed by atoms with E-state index in [-0.39, 0.29) is 35.7 Å². The summed E-state index contributed by atoms with van der Waals surface area (Å²) in [6.07, 6.45) is 5.26. The molecule has 0 spiro atoms. The second-order valence-electron chi connectivity index (χ2n) is 12.8. The van der Waals surface area contributed by atoms with Crippen LogP contribution in [0, 0.1) is 17.3 Å². The molecule has 0 saturated heterocycles. The van der Waals surface area contributed by atoms with Gasteiger partial charge in [0, 0.05) is 37.4 Å². The van der Waals surface area contributed by atoms with Gasteiger partial charge in [0.25, 0.3) is 0 Å². The lowest BCUT2D eigenvalue weighted by Crippen LogP contribution is -2.46. The zero-order valence-electron chi connectivity index (χ0n) is 26.0. The number of aromatic nitrogens is 1. The van der Waals surface area contributed by atoms with E-state index in [1.54, 1.807) is 7.11 Å². The van der Waals surface area contributed by atoms with Crippen molar-refractivity contribution in [3.05, 3.63) is 53.9 Å². The van der Waals surface area contributed by atoms with Crippen molar-refractivity contribution in [3.8, 4) is 5.75 Å². The summed E-state index contributed by atoms with van der Waals surface area (Å²) in [6, 6.07) is 12.3. The van der Waals surface area contributed by atoms with Crippen molar-refractivity contribution in [1.82, 2.24) is 14.4 Å². The van der Waals surface area contributed by atoms with Gasteiger partial charge in [-0.05, 0) is 73.3 Å². The molecule has 0 aliphatic carbocycles. The standard InChI is InChI=1S/C33H53N3O3/c1-10-27(5)36(23-29-14-12-17-34(29)22-28-13-11-15-30(20-28)39-9)32(38)24-35(18-16-25(2)3)31(37)19-26(4)21-33(6,7)8/h11-15,17,20,25-27H,10,16,18-19,21-24H2,1-9H3. The van der Waals surface area contributed by atoms with E-state index >= 15 is 0 Å². The number of methoxy groups -OCH3 is 1. The molecule has 2 amide bonds. The number of nitrogens with zero attached hydrogens (tertiary/aromatic N) is 3. The Bertz CT molecular complexity index is 1040. The first-order valence-corrected chi connectivity index (χ1v) is 14.7. The fraction of sp³-hybridized carbons (Fsp3) is 0.636. The molecular weight excluding hydrogens is 486 g/mol. The molecule has 0 radical (unpaired) electrons. The van der Waals surface area contributed by atoms with E-state index in [1.807, 2.05) is 34.1 Å². The third-order valence-corrected chi connectivity index (χ3v) is 7.33. The SMILES string of the molecule is CCC(C)N(Cc1cccn1Cc1cccc(OC)c1)C(=O)CN(CCC(C)C)C(=O)CC(C)CC(C)(C)C. The molecule has 0 bridgehead atoms. The van der Waals surface area contributed by atoms with E-state index < -0.39 is 0 Å². The quantitative estimate of drug-likeness (QED) is 0.245. The second-order valence-corrected chi connectivity index (χ2v) is 12.8. The molecule has 6 heteroatoms. The lowest BCUT2D eigenvalue weighted by atomic mass is 9.84. The molecule has 0 aliphatic rings. The number of benzene rings is 1. The smallest absolute Gasteiger partial charge is 0.242 e. The minimum absolute atomic E-state index is 0.0130. The maximum Gasteiger partial charge on any atom is 0.242 e. The van der Waals surface area contributed by atoms with Crippen molar-refractivity contribution in [3.63, 3.8) is 0 Å². The average molecular weight is 540 g/mol. The van der Waals surface area contributed by atoms with E-state index in [9.17, 15) is 9.59 Å². The van der Waals surface area contributed by atoms with Gasteiger partial charge < -0.3 is 19.1 Å². The normalized spacial score (nSPS) is 13.3. The fourth-order valence-corrected chi connectivity index (χ4v) is 5.10. The third kappa shape index (κ3) is 11.1. The first-order valence-electron chi connectivity index (χ1n) is 14.7. The van der Waals surface area contributed by atoms with Gasteiger partial charge in [-0.2, -0.15) is 0 Å². The van der Waals surface area contributed by atoms with Crippen LogP contribution in [0.4, 0.5) is 0 Å². The van der Waals surface area contributed by atoms with Gasteiger partial charge in [-0.15, -0.1) is 0 Å². The maximum absolute atomic E-state index is 13.8. The van der Waals surface area contributed by atoms with Gasteiger partial charge in [0.1, 0.15) is 5.75 Å². The number of ether oxygens (including phenoxy) is 1. The molecule has 6 nitrogen and oxygen atoms in total. The van der Waals surface area contributed by atoms with Gasteiger partial charge in [-0.3, -0.25) is 9.59 Å². The zero-order valence-corrected chi connectivity index (χ0v) is 26.0. The predicted octanol–water partition coefficient (Wildman–Crippen LogP) is 7.01. The van der Waals surface area contributed by atoms with Crippen LogP contribution in [0.1, 0.15) is 92.3 Å². The lowest BCUT2D eigenvalue weighted by molar-refractivity contribution is -0.143. The van der Waals surface area contributed by atoms with E-state index in [4.69, 9.17) is 4.74 Å². The summed E-state index contributed by atoms with van der Waals surface area (Å²) in [4.78, 5) is 31.0. The molecule has 0 saturated carbocycles. The summed E-state index contributed by atoms with van der Waals surface area (Å²) in [5, 5.41) is 0. The summed E-state index contributed by atoms with van der Waals surface area (Å²) in [5.74, 6) is 1.68. The highest BCUT2D eigenvalue weighted by Gasteiger charge is 2.27. The molecular formula is C33H53N3O3. The van der Waals surface area contributed by atoms with E-state index in [1.165, 1.54) is 0 Å². The van der Waals surface area contributed by atoms with Crippen LogP contribution in [0.3, 0.4) is 0 Å². The first kappa shape index (κ1) is 32.5. The van der Waals surface area contributed by atoms with Crippen molar-refractivity contribution in [2.75, 3.05) is 20.2 Å². The Hall–Kier alpha value is -2.76. The van der Waals surface area contributed by atoms with Crippen molar-refractivity contribution in [1.29, 1.82) is 0 Å². The van der Waals surface area contributed by atoms with Gasteiger partial charge in [0.05, 0.1) is 20.2 Å². The summed E-state index contributed by atoms with van der Waals surface area (Å²) in [6.45, 7) is 19.3. The van der Waals surface area contributed by atoms with Crippen molar-refractivity contribution in [2.24, 2.45) is 17.3 Å². The number of carbonyl (C=O) groups is 2. The van der Waals surface area contributed by atoms with Crippen LogP contribution in [0.25, 0.3) is 0 Å². The fourth-order valence-electron chi connectivity index (χ4n) is 5.10. The van der Waals surface area contributed by atoms with Crippen LogP contribution in [0.15, 0.2) is 42.6 Å². The first-order chi connectivity index (χ1) is 18.3. The highest BCUT2D eigenvalue weighted by molar-refractivity contribution is 5.85. The highest BCUT2D eigenvalue weighted by Crippen LogP contribution is 2.26. The van der Waals surface area contributed by atoms with Gasteiger partial charge in [0.2, 0.25) is 11.8 Å². The Morgan fingerprint density at radius 1 is 1.03 bits per heavy atom. The van der Waals surface area contributed by atoms with Gasteiger partial charge in [0.15, 0.2) is 0 Å². The molecule has 2 atom stereocenters. The summed E-state index contributed by atoms with van der Waals surface area (Å²) in [7, 11) is 1.68. The molecule has 2 unspecified atom stereocenters. The van der Waals surface area contributed by atoms with Crippen LogP contribution in [-0.2, 0) is 22.7 Å². The molecule has 39 heavy (non-hydrogen) atoms. The molecule has 1 aromatic carbocycles. The van der Waals surface area contributed by atoms with Gasteiger partial charge in [-0.1, -0.05) is 60.6 Å².